The van der Waals surface area contributed by atoms with Crippen LogP contribution in [0.25, 0.3) is 0 Å². The average molecular weight is 172 g/mol. The van der Waals surface area contributed by atoms with Crippen molar-refractivity contribution in [2.45, 2.75) is 57.3 Å². The molecule has 0 saturated carbocycles. The van der Waals surface area contributed by atoms with Gasteiger partial charge >= 0.3 is 0 Å². The fourth-order valence-corrected chi connectivity index (χ4v) is 2.23. The number of piperidine rings is 1. The fourth-order valence-electron chi connectivity index (χ4n) is 2.23. The molecule has 0 spiro atoms. The normalized spacial score (nSPS) is 39.5. The highest BCUT2D eigenvalue weighted by molar-refractivity contribution is 5.04. The Kier molecular flexibility index (Phi) is 2.23. The lowest BCUT2D eigenvalue weighted by Crippen LogP contribution is -2.69. The van der Waals surface area contributed by atoms with Gasteiger partial charge in [-0.05, 0) is 34.1 Å². The van der Waals surface area contributed by atoms with Crippen molar-refractivity contribution < 1.29 is 5.11 Å². The number of nitrogens with one attached hydrogen (secondary N) is 1. The minimum absolute atomic E-state index is 0.0299. The van der Waals surface area contributed by atoms with Gasteiger partial charge in [0.2, 0.25) is 0 Å². The Hall–Kier alpha value is -0.120. The van der Waals surface area contributed by atoms with Crippen LogP contribution in [0.3, 0.4) is 0 Å². The van der Waals surface area contributed by atoms with Gasteiger partial charge in [-0.3, -0.25) is 0 Å². The Bertz CT molecular complexity index is 177. The highest BCUT2D eigenvalue weighted by Crippen LogP contribution is 2.27. The molecule has 1 saturated heterocycles. The van der Waals surface area contributed by atoms with Gasteiger partial charge in [0.1, 0.15) is 0 Å². The van der Waals surface area contributed by atoms with Crippen LogP contribution < -0.4 is 11.1 Å². The maximum atomic E-state index is 9.75. The second-order valence-corrected chi connectivity index (χ2v) is 5.04. The van der Waals surface area contributed by atoms with Crippen molar-refractivity contribution in [2.24, 2.45) is 5.73 Å². The molecule has 0 aromatic heterocycles. The van der Waals surface area contributed by atoms with Crippen molar-refractivity contribution in [1.29, 1.82) is 0 Å². The fraction of sp³-hybridized carbons (Fsp3) is 1.00. The standard InChI is InChI=1S/C9H20N2O/c1-8(2)5-6(10)7(12)9(3,4)11-8/h6-7,11-12H,5,10H2,1-4H3. The predicted octanol–water partition coefficient (Wildman–Crippen LogP) is 0.225. The zero-order chi connectivity index (χ0) is 9.57. The summed E-state index contributed by atoms with van der Waals surface area (Å²) in [7, 11) is 0. The van der Waals surface area contributed by atoms with E-state index in [9.17, 15) is 5.11 Å². The highest BCUT2D eigenvalue weighted by Gasteiger charge is 2.43. The molecular formula is C9H20N2O. The summed E-state index contributed by atoms with van der Waals surface area (Å²) in [6, 6.07) is -0.115. The summed E-state index contributed by atoms with van der Waals surface area (Å²) < 4.78 is 0. The summed E-state index contributed by atoms with van der Waals surface area (Å²) in [5.74, 6) is 0. The lowest BCUT2D eigenvalue weighted by atomic mass is 9.78. The SMILES string of the molecule is CC1(C)CC(N)C(O)C(C)(C)N1. The van der Waals surface area contributed by atoms with E-state index in [0.717, 1.165) is 6.42 Å². The van der Waals surface area contributed by atoms with Crippen LogP contribution in [0.1, 0.15) is 34.1 Å². The topological polar surface area (TPSA) is 58.3 Å². The van der Waals surface area contributed by atoms with Crippen molar-refractivity contribution in [3.63, 3.8) is 0 Å². The number of rotatable bonds is 0. The number of hydrogen-bond donors (Lipinski definition) is 3. The van der Waals surface area contributed by atoms with Gasteiger partial charge in [-0.15, -0.1) is 0 Å². The molecule has 1 fully saturated rings. The van der Waals surface area contributed by atoms with Crippen LogP contribution in [0.5, 0.6) is 0 Å². The van der Waals surface area contributed by atoms with Crippen LogP contribution in [-0.2, 0) is 0 Å². The maximum absolute atomic E-state index is 9.75. The molecule has 4 N–H and O–H groups in total. The van der Waals surface area contributed by atoms with Gasteiger partial charge in [0, 0.05) is 17.1 Å². The van der Waals surface area contributed by atoms with Crippen molar-refractivity contribution in [2.75, 3.05) is 0 Å². The average Bonchev–Trinajstić information content (AvgIpc) is 1.79. The van der Waals surface area contributed by atoms with Gasteiger partial charge in [0.05, 0.1) is 6.10 Å². The van der Waals surface area contributed by atoms with E-state index in [1.807, 2.05) is 13.8 Å². The Balaban J connectivity index is 2.80. The lowest BCUT2D eigenvalue weighted by molar-refractivity contribution is -0.00216. The first-order valence-electron chi connectivity index (χ1n) is 4.48. The van der Waals surface area contributed by atoms with E-state index in [1.165, 1.54) is 0 Å². The molecule has 3 nitrogen and oxygen atoms in total. The molecule has 3 heteroatoms. The van der Waals surface area contributed by atoms with E-state index in [0.29, 0.717) is 0 Å². The molecule has 1 rings (SSSR count). The third-order valence-electron chi connectivity index (χ3n) is 2.55. The molecule has 0 aliphatic carbocycles. The van der Waals surface area contributed by atoms with Gasteiger partial charge in [-0.2, -0.15) is 0 Å². The molecular weight excluding hydrogens is 152 g/mol. The van der Waals surface area contributed by atoms with E-state index < -0.39 is 6.10 Å². The van der Waals surface area contributed by atoms with Gasteiger partial charge < -0.3 is 16.2 Å². The third kappa shape index (κ3) is 1.79. The van der Waals surface area contributed by atoms with Gasteiger partial charge in [0.15, 0.2) is 0 Å². The first kappa shape index (κ1) is 9.96. The molecule has 12 heavy (non-hydrogen) atoms. The molecule has 0 amide bonds. The molecule has 1 aliphatic rings. The number of aliphatic hydroxyl groups excluding tert-OH is 1. The predicted molar refractivity (Wildman–Crippen MR) is 49.9 cm³/mol. The van der Waals surface area contributed by atoms with Crippen LogP contribution in [0.2, 0.25) is 0 Å². The summed E-state index contributed by atoms with van der Waals surface area (Å²) in [5, 5.41) is 13.1. The lowest BCUT2D eigenvalue weighted by Gasteiger charge is -2.48. The van der Waals surface area contributed by atoms with Gasteiger partial charge in [0.25, 0.3) is 0 Å². The Morgan fingerprint density at radius 3 is 2.25 bits per heavy atom. The zero-order valence-corrected chi connectivity index (χ0v) is 8.39. The van der Waals surface area contributed by atoms with E-state index in [-0.39, 0.29) is 17.1 Å². The Morgan fingerprint density at radius 1 is 1.33 bits per heavy atom. The zero-order valence-electron chi connectivity index (χ0n) is 8.39. The molecule has 72 valence electrons. The summed E-state index contributed by atoms with van der Waals surface area (Å²) in [6.45, 7) is 8.19. The van der Waals surface area contributed by atoms with Crippen LogP contribution >= 0.6 is 0 Å². The first-order valence-corrected chi connectivity index (χ1v) is 4.48. The van der Waals surface area contributed by atoms with Crippen LogP contribution in [0.4, 0.5) is 0 Å². The second-order valence-electron chi connectivity index (χ2n) is 5.04. The molecule has 2 atom stereocenters. The first-order chi connectivity index (χ1) is 5.25. The van der Waals surface area contributed by atoms with Crippen LogP contribution in [0, 0.1) is 0 Å². The number of aliphatic hydroxyl groups is 1. The second kappa shape index (κ2) is 2.69. The number of nitrogens with two attached hydrogens (primary N) is 1. The van der Waals surface area contributed by atoms with Crippen molar-refractivity contribution in [3.05, 3.63) is 0 Å². The molecule has 0 radical (unpaired) electrons. The largest absolute Gasteiger partial charge is 0.390 e. The van der Waals surface area contributed by atoms with E-state index in [1.54, 1.807) is 0 Å². The molecule has 0 aromatic carbocycles. The summed E-state index contributed by atoms with van der Waals surface area (Å²) >= 11 is 0. The molecule has 2 unspecified atom stereocenters. The molecule has 0 bridgehead atoms. The third-order valence-corrected chi connectivity index (χ3v) is 2.55. The van der Waals surface area contributed by atoms with Crippen molar-refractivity contribution in [3.8, 4) is 0 Å². The van der Waals surface area contributed by atoms with E-state index >= 15 is 0 Å². The number of hydrogen-bond acceptors (Lipinski definition) is 3. The summed E-state index contributed by atoms with van der Waals surface area (Å²) in [6.07, 6.45) is 0.364. The summed E-state index contributed by atoms with van der Waals surface area (Å²) in [4.78, 5) is 0. The Labute approximate surface area is 74.3 Å². The highest BCUT2D eigenvalue weighted by atomic mass is 16.3. The monoisotopic (exact) mass is 172 g/mol. The van der Waals surface area contributed by atoms with Crippen LogP contribution in [0.15, 0.2) is 0 Å². The quantitative estimate of drug-likeness (QED) is 0.490. The molecule has 0 aromatic rings. The van der Waals surface area contributed by atoms with Crippen molar-refractivity contribution in [1.82, 2.24) is 5.32 Å². The molecule has 1 heterocycles. The maximum Gasteiger partial charge on any atom is 0.0867 e. The minimum Gasteiger partial charge on any atom is -0.390 e. The van der Waals surface area contributed by atoms with Gasteiger partial charge in [-0.1, -0.05) is 0 Å². The van der Waals surface area contributed by atoms with E-state index in [4.69, 9.17) is 5.73 Å². The summed E-state index contributed by atoms with van der Waals surface area (Å²) in [5.41, 5.74) is 5.59. The Morgan fingerprint density at radius 2 is 1.83 bits per heavy atom. The minimum atomic E-state index is -0.453. The van der Waals surface area contributed by atoms with Gasteiger partial charge in [-0.25, -0.2) is 0 Å². The van der Waals surface area contributed by atoms with Crippen LogP contribution in [-0.4, -0.2) is 28.3 Å². The smallest absolute Gasteiger partial charge is 0.0867 e. The van der Waals surface area contributed by atoms with E-state index in [2.05, 4.69) is 19.2 Å². The van der Waals surface area contributed by atoms with Crippen molar-refractivity contribution >= 4 is 0 Å². The molecule has 1 aliphatic heterocycles.